The highest BCUT2D eigenvalue weighted by Gasteiger charge is 2.32. The maximum absolute atomic E-state index is 9.00. The fraction of sp³-hybridized carbons (Fsp3) is 0.435. The summed E-state index contributed by atoms with van der Waals surface area (Å²) in [6.07, 6.45) is 6.95. The van der Waals surface area contributed by atoms with Gasteiger partial charge in [0.05, 0.1) is 6.61 Å². The lowest BCUT2D eigenvalue weighted by molar-refractivity contribution is 0.252. The molecule has 162 valence electrons. The molecule has 0 bridgehead atoms. The number of aromatic nitrogens is 2. The van der Waals surface area contributed by atoms with Gasteiger partial charge in [0.15, 0.2) is 0 Å². The van der Waals surface area contributed by atoms with E-state index in [1.807, 2.05) is 12.1 Å². The Balaban J connectivity index is 1.33. The second-order valence-electron chi connectivity index (χ2n) is 8.45. The van der Waals surface area contributed by atoms with Crippen LogP contribution >= 0.6 is 0 Å². The summed E-state index contributed by atoms with van der Waals surface area (Å²) in [6, 6.07) is 12.1. The fourth-order valence-electron chi connectivity index (χ4n) is 4.69. The number of guanidine groups is 1. The van der Waals surface area contributed by atoms with Crippen LogP contribution in [0.15, 0.2) is 46.1 Å². The summed E-state index contributed by atoms with van der Waals surface area (Å²) in [4.78, 5) is 6.37. The van der Waals surface area contributed by atoms with E-state index in [2.05, 4.69) is 39.6 Å². The molecule has 2 aliphatic rings. The first-order valence-corrected chi connectivity index (χ1v) is 11.0. The summed E-state index contributed by atoms with van der Waals surface area (Å²) in [7, 11) is 0. The van der Waals surface area contributed by atoms with Crippen molar-refractivity contribution in [2.24, 2.45) is 16.8 Å². The number of hydrogen-bond acceptors (Lipinski definition) is 6. The van der Waals surface area contributed by atoms with Crippen LogP contribution in [-0.2, 0) is 0 Å². The third kappa shape index (κ3) is 4.02. The topological polar surface area (TPSA) is 110 Å². The monoisotopic (exact) mass is 421 g/mol. The predicted octanol–water partition coefficient (Wildman–Crippen LogP) is 4.30. The normalized spacial score (nSPS) is 20.1. The highest BCUT2D eigenvalue weighted by Crippen LogP contribution is 2.33. The van der Waals surface area contributed by atoms with E-state index >= 15 is 0 Å². The van der Waals surface area contributed by atoms with E-state index in [1.54, 1.807) is 4.90 Å². The number of benzene rings is 2. The van der Waals surface area contributed by atoms with Crippen molar-refractivity contribution >= 4 is 16.7 Å². The molecule has 2 aromatic carbocycles. The van der Waals surface area contributed by atoms with Crippen molar-refractivity contribution in [2.75, 3.05) is 13.2 Å². The molecule has 1 aliphatic heterocycles. The van der Waals surface area contributed by atoms with Crippen LogP contribution in [-0.4, -0.2) is 39.4 Å². The summed E-state index contributed by atoms with van der Waals surface area (Å²) >= 11 is 0. The molecule has 8 nitrogen and oxygen atoms in total. The van der Waals surface area contributed by atoms with Crippen LogP contribution in [0.5, 0.6) is 5.75 Å². The molecule has 1 saturated carbocycles. The van der Waals surface area contributed by atoms with Crippen LogP contribution < -0.4 is 10.5 Å². The number of nitrogens with two attached hydrogens (primary N) is 1. The second-order valence-corrected chi connectivity index (χ2v) is 8.45. The molecule has 1 aliphatic carbocycles. The van der Waals surface area contributed by atoms with Crippen LogP contribution in [0.1, 0.15) is 50.5 Å². The molecule has 2 fully saturated rings. The Morgan fingerprint density at radius 3 is 2.77 bits per heavy atom. The lowest BCUT2D eigenvalue weighted by Gasteiger charge is -2.21. The van der Waals surface area contributed by atoms with Crippen LogP contribution in [0.4, 0.5) is 0 Å². The second kappa shape index (κ2) is 8.45. The van der Waals surface area contributed by atoms with Gasteiger partial charge in [0.2, 0.25) is 17.7 Å². The molecule has 1 atom stereocenters. The molecule has 3 N–H and O–H groups in total. The highest BCUT2D eigenvalue weighted by molar-refractivity contribution is 5.87. The Kier molecular flexibility index (Phi) is 5.36. The highest BCUT2D eigenvalue weighted by atomic mass is 16.5. The smallest absolute Gasteiger partial charge is 0.249 e. The molecular formula is C23H27N5O3. The van der Waals surface area contributed by atoms with E-state index in [0.29, 0.717) is 24.2 Å². The Morgan fingerprint density at radius 1 is 1.13 bits per heavy atom. The first kappa shape index (κ1) is 19.7. The minimum atomic E-state index is -0.169. The maximum Gasteiger partial charge on any atom is 0.249 e. The predicted molar refractivity (Wildman–Crippen MR) is 117 cm³/mol. The minimum Gasteiger partial charge on any atom is -0.493 e. The minimum absolute atomic E-state index is 0.0684. The third-order valence-corrected chi connectivity index (χ3v) is 6.41. The molecule has 3 aromatic rings. The average molecular weight is 422 g/mol. The summed E-state index contributed by atoms with van der Waals surface area (Å²) in [6.45, 7) is 1.50. The summed E-state index contributed by atoms with van der Waals surface area (Å²) < 4.78 is 11.6. The van der Waals surface area contributed by atoms with Gasteiger partial charge < -0.3 is 25.1 Å². The van der Waals surface area contributed by atoms with Crippen molar-refractivity contribution in [1.82, 2.24) is 15.0 Å². The van der Waals surface area contributed by atoms with Gasteiger partial charge in [-0.3, -0.25) is 0 Å². The number of nitrogens with zero attached hydrogens (tertiary/aromatic N) is 4. The van der Waals surface area contributed by atoms with E-state index in [0.717, 1.165) is 41.5 Å². The Labute approximate surface area is 180 Å². The van der Waals surface area contributed by atoms with Crippen molar-refractivity contribution < 1.29 is 14.5 Å². The molecule has 0 unspecified atom stereocenters. The van der Waals surface area contributed by atoms with Crippen molar-refractivity contribution in [3.05, 3.63) is 42.3 Å². The van der Waals surface area contributed by atoms with Gasteiger partial charge >= 0.3 is 0 Å². The van der Waals surface area contributed by atoms with Crippen LogP contribution in [0.25, 0.3) is 22.2 Å². The SMILES string of the molecule is N/C(=N\O)N1CCC[C@H]1c1nc(-c2ccc3cc(OCC4CCCC4)ccc3c2)no1. The summed E-state index contributed by atoms with van der Waals surface area (Å²) in [5.41, 5.74) is 6.67. The van der Waals surface area contributed by atoms with Gasteiger partial charge in [-0.1, -0.05) is 41.4 Å². The Hall–Kier alpha value is -3.29. The third-order valence-electron chi connectivity index (χ3n) is 6.41. The average Bonchev–Trinajstić information content (AvgIpc) is 3.57. The van der Waals surface area contributed by atoms with Gasteiger partial charge in [-0.2, -0.15) is 4.98 Å². The summed E-state index contributed by atoms with van der Waals surface area (Å²) in [5, 5.41) is 18.5. The van der Waals surface area contributed by atoms with Crippen molar-refractivity contribution in [3.63, 3.8) is 0 Å². The quantitative estimate of drug-likeness (QED) is 0.273. The zero-order chi connectivity index (χ0) is 21.2. The number of oxime groups is 1. The molecule has 2 heterocycles. The lowest BCUT2D eigenvalue weighted by atomic mass is 10.1. The zero-order valence-electron chi connectivity index (χ0n) is 17.4. The molecule has 1 aromatic heterocycles. The van der Waals surface area contributed by atoms with E-state index in [4.69, 9.17) is 20.2 Å². The molecule has 0 spiro atoms. The van der Waals surface area contributed by atoms with Gasteiger partial charge in [-0.05, 0) is 60.6 Å². The fourth-order valence-corrected chi connectivity index (χ4v) is 4.69. The molecule has 8 heteroatoms. The first-order chi connectivity index (χ1) is 15.2. The van der Waals surface area contributed by atoms with Crippen molar-refractivity contribution in [3.8, 4) is 17.1 Å². The van der Waals surface area contributed by atoms with E-state index in [-0.39, 0.29) is 12.0 Å². The van der Waals surface area contributed by atoms with Gasteiger partial charge in [0.1, 0.15) is 11.8 Å². The number of hydrogen-bond donors (Lipinski definition) is 2. The largest absolute Gasteiger partial charge is 0.493 e. The van der Waals surface area contributed by atoms with Gasteiger partial charge in [-0.15, -0.1) is 0 Å². The van der Waals surface area contributed by atoms with Gasteiger partial charge in [-0.25, -0.2) is 0 Å². The van der Waals surface area contributed by atoms with E-state index in [9.17, 15) is 0 Å². The standard InChI is InChI=1S/C23H27N5O3/c24-23(26-29)28-11-3-6-20(28)22-25-21(27-31-22)18-8-7-17-13-19(10-9-16(17)12-18)30-14-15-4-1-2-5-15/h7-10,12-13,15,20,29H,1-6,11,14H2,(H2,24,26)/t20-/m0/s1. The van der Waals surface area contributed by atoms with Gasteiger partial charge in [0.25, 0.3) is 0 Å². The number of likely N-dealkylation sites (tertiary alicyclic amines) is 1. The molecule has 31 heavy (non-hydrogen) atoms. The summed E-state index contributed by atoms with van der Waals surface area (Å²) in [5.74, 6) is 2.69. The van der Waals surface area contributed by atoms with Crippen LogP contribution in [0.3, 0.4) is 0 Å². The van der Waals surface area contributed by atoms with Gasteiger partial charge in [0, 0.05) is 12.1 Å². The number of ether oxygens (including phenoxy) is 1. The van der Waals surface area contributed by atoms with E-state index < -0.39 is 0 Å². The molecular weight excluding hydrogens is 394 g/mol. The van der Waals surface area contributed by atoms with Crippen LogP contribution in [0, 0.1) is 5.92 Å². The maximum atomic E-state index is 9.00. The number of rotatable bonds is 5. The lowest BCUT2D eigenvalue weighted by Crippen LogP contribution is -2.36. The molecule has 0 amide bonds. The van der Waals surface area contributed by atoms with Crippen molar-refractivity contribution in [1.29, 1.82) is 0 Å². The molecule has 0 radical (unpaired) electrons. The number of fused-ring (bicyclic) bond motifs is 1. The Morgan fingerprint density at radius 2 is 1.94 bits per heavy atom. The van der Waals surface area contributed by atoms with Crippen LogP contribution in [0.2, 0.25) is 0 Å². The Bertz CT molecular complexity index is 1090. The van der Waals surface area contributed by atoms with E-state index in [1.165, 1.54) is 25.7 Å². The molecule has 5 rings (SSSR count). The zero-order valence-corrected chi connectivity index (χ0v) is 17.4. The van der Waals surface area contributed by atoms with Crippen molar-refractivity contribution in [2.45, 2.75) is 44.6 Å². The first-order valence-electron chi connectivity index (χ1n) is 11.0. The molecule has 1 saturated heterocycles.